The van der Waals surface area contributed by atoms with Crippen molar-refractivity contribution in [2.75, 3.05) is 47.3 Å². The molecule has 0 aromatic heterocycles. The van der Waals surface area contributed by atoms with E-state index in [0.717, 1.165) is 31.8 Å². The molecule has 3 N–H and O–H groups in total. The molecule has 5 heteroatoms. The number of carbonyl (C=O) groups excluding carboxylic acids is 1. The molecule has 1 saturated heterocycles. The molecule has 1 heterocycles. The van der Waals surface area contributed by atoms with Gasteiger partial charge in [-0.05, 0) is 66.3 Å². The van der Waals surface area contributed by atoms with Crippen molar-refractivity contribution < 1.29 is 4.79 Å². The van der Waals surface area contributed by atoms with Crippen molar-refractivity contribution in [1.82, 2.24) is 15.1 Å². The molecule has 2 atom stereocenters. The second kappa shape index (κ2) is 7.22. The van der Waals surface area contributed by atoms with Gasteiger partial charge in [-0.3, -0.25) is 4.79 Å². The van der Waals surface area contributed by atoms with Crippen LogP contribution >= 0.6 is 0 Å². The molecule has 1 aliphatic heterocycles. The highest BCUT2D eigenvalue weighted by Crippen LogP contribution is 2.16. The topological polar surface area (TPSA) is 61.6 Å². The first kappa shape index (κ1) is 16.4. The molecule has 0 aromatic rings. The van der Waals surface area contributed by atoms with E-state index in [-0.39, 0.29) is 5.91 Å². The standard InChI is InChI=1S/C14H30N4O/c1-14(16-2,13(15)19)7-5-8-17(3)10-12-6-9-18(4)11-12/h12,16H,5-11H2,1-4H3,(H2,15,19). The van der Waals surface area contributed by atoms with Gasteiger partial charge >= 0.3 is 0 Å². The van der Waals surface area contributed by atoms with E-state index < -0.39 is 5.54 Å². The Morgan fingerprint density at radius 2 is 2.26 bits per heavy atom. The summed E-state index contributed by atoms with van der Waals surface area (Å²) in [6.07, 6.45) is 3.07. The molecule has 0 saturated carbocycles. The third-order valence-corrected chi connectivity index (χ3v) is 4.37. The van der Waals surface area contributed by atoms with E-state index in [1.54, 1.807) is 7.05 Å². The summed E-state index contributed by atoms with van der Waals surface area (Å²) in [6.45, 7) is 6.47. The second-order valence-electron chi connectivity index (χ2n) is 6.23. The number of hydrogen-bond donors (Lipinski definition) is 2. The van der Waals surface area contributed by atoms with Crippen LogP contribution in [0.5, 0.6) is 0 Å². The van der Waals surface area contributed by atoms with E-state index in [0.29, 0.717) is 0 Å². The summed E-state index contributed by atoms with van der Waals surface area (Å²) in [7, 11) is 6.15. The third-order valence-electron chi connectivity index (χ3n) is 4.37. The van der Waals surface area contributed by atoms with E-state index in [9.17, 15) is 4.79 Å². The first-order chi connectivity index (χ1) is 8.87. The lowest BCUT2D eigenvalue weighted by Crippen LogP contribution is -2.51. The van der Waals surface area contributed by atoms with Crippen LogP contribution in [-0.4, -0.2) is 68.6 Å². The summed E-state index contributed by atoms with van der Waals surface area (Å²) in [5.74, 6) is 0.525. The Bertz CT molecular complexity index is 297. The molecule has 2 unspecified atom stereocenters. The number of primary amides is 1. The smallest absolute Gasteiger partial charge is 0.237 e. The molecule has 1 aliphatic rings. The highest BCUT2D eigenvalue weighted by molar-refractivity contribution is 5.84. The molecule has 0 spiro atoms. The quantitative estimate of drug-likeness (QED) is 0.657. The van der Waals surface area contributed by atoms with Gasteiger partial charge in [-0.25, -0.2) is 0 Å². The molecule has 0 aromatic carbocycles. The molecule has 0 bridgehead atoms. The molecule has 19 heavy (non-hydrogen) atoms. The summed E-state index contributed by atoms with van der Waals surface area (Å²) < 4.78 is 0. The Morgan fingerprint density at radius 3 is 2.74 bits per heavy atom. The normalized spacial score (nSPS) is 23.7. The van der Waals surface area contributed by atoms with Crippen LogP contribution < -0.4 is 11.1 Å². The minimum Gasteiger partial charge on any atom is -0.368 e. The Kier molecular flexibility index (Phi) is 6.23. The van der Waals surface area contributed by atoms with Gasteiger partial charge in [0.15, 0.2) is 0 Å². The molecule has 1 rings (SSSR count). The zero-order valence-corrected chi connectivity index (χ0v) is 12.9. The fraction of sp³-hybridized carbons (Fsp3) is 0.929. The number of nitrogens with zero attached hydrogens (tertiary/aromatic N) is 2. The van der Waals surface area contributed by atoms with Crippen LogP contribution in [-0.2, 0) is 4.79 Å². The van der Waals surface area contributed by atoms with Crippen molar-refractivity contribution in [2.24, 2.45) is 11.7 Å². The Hall–Kier alpha value is -0.650. The van der Waals surface area contributed by atoms with E-state index >= 15 is 0 Å². The average Bonchev–Trinajstić information content (AvgIpc) is 2.74. The van der Waals surface area contributed by atoms with Crippen LogP contribution in [0.3, 0.4) is 0 Å². The van der Waals surface area contributed by atoms with Gasteiger partial charge in [0.1, 0.15) is 0 Å². The molecule has 1 amide bonds. The maximum Gasteiger partial charge on any atom is 0.237 e. The van der Waals surface area contributed by atoms with Crippen molar-refractivity contribution >= 4 is 5.91 Å². The summed E-state index contributed by atoms with van der Waals surface area (Å²) >= 11 is 0. The molecule has 5 nitrogen and oxygen atoms in total. The molecule has 112 valence electrons. The van der Waals surface area contributed by atoms with Crippen molar-refractivity contribution in [1.29, 1.82) is 0 Å². The SMILES string of the molecule is CNC(C)(CCCN(C)CC1CCN(C)C1)C(N)=O. The minimum atomic E-state index is -0.575. The zero-order valence-electron chi connectivity index (χ0n) is 12.9. The Morgan fingerprint density at radius 1 is 1.58 bits per heavy atom. The van der Waals surface area contributed by atoms with E-state index in [1.165, 1.54) is 19.5 Å². The second-order valence-corrected chi connectivity index (χ2v) is 6.23. The van der Waals surface area contributed by atoms with Crippen LogP contribution in [0.25, 0.3) is 0 Å². The summed E-state index contributed by atoms with van der Waals surface area (Å²) in [5.41, 5.74) is 4.85. The number of rotatable bonds is 8. The fourth-order valence-corrected chi connectivity index (χ4v) is 2.78. The van der Waals surface area contributed by atoms with Gasteiger partial charge in [-0.2, -0.15) is 0 Å². The van der Waals surface area contributed by atoms with E-state index in [4.69, 9.17) is 5.73 Å². The predicted molar refractivity (Wildman–Crippen MR) is 79.0 cm³/mol. The molecule has 0 aliphatic carbocycles. The van der Waals surface area contributed by atoms with Crippen molar-refractivity contribution in [3.63, 3.8) is 0 Å². The maximum atomic E-state index is 11.4. The zero-order chi connectivity index (χ0) is 14.5. The average molecular weight is 270 g/mol. The Balaban J connectivity index is 2.23. The van der Waals surface area contributed by atoms with Crippen molar-refractivity contribution in [3.05, 3.63) is 0 Å². The highest BCUT2D eigenvalue weighted by atomic mass is 16.1. The highest BCUT2D eigenvalue weighted by Gasteiger charge is 2.28. The van der Waals surface area contributed by atoms with Crippen LogP contribution in [0, 0.1) is 5.92 Å². The van der Waals surface area contributed by atoms with Gasteiger partial charge in [-0.15, -0.1) is 0 Å². The largest absolute Gasteiger partial charge is 0.368 e. The number of carbonyl (C=O) groups is 1. The number of likely N-dealkylation sites (tertiary alicyclic amines) is 1. The van der Waals surface area contributed by atoms with Crippen molar-refractivity contribution in [2.45, 2.75) is 31.7 Å². The first-order valence-electron chi connectivity index (χ1n) is 7.23. The fourth-order valence-electron chi connectivity index (χ4n) is 2.78. The third kappa shape index (κ3) is 5.09. The maximum absolute atomic E-state index is 11.4. The van der Waals surface area contributed by atoms with E-state index in [1.807, 2.05) is 6.92 Å². The number of nitrogens with two attached hydrogens (primary N) is 1. The molecule has 1 fully saturated rings. The predicted octanol–water partition coefficient (Wildman–Crippen LogP) is 0.114. The van der Waals surface area contributed by atoms with Gasteiger partial charge in [0.25, 0.3) is 0 Å². The lowest BCUT2D eigenvalue weighted by Gasteiger charge is -2.27. The van der Waals surface area contributed by atoms with Gasteiger partial charge in [0, 0.05) is 13.1 Å². The molecule has 0 radical (unpaired) electrons. The number of hydrogen-bond acceptors (Lipinski definition) is 4. The van der Waals surface area contributed by atoms with Gasteiger partial charge < -0.3 is 20.9 Å². The van der Waals surface area contributed by atoms with Gasteiger partial charge in [0.2, 0.25) is 5.91 Å². The Labute approximate surface area is 117 Å². The van der Waals surface area contributed by atoms with Crippen LogP contribution in [0.15, 0.2) is 0 Å². The lowest BCUT2D eigenvalue weighted by atomic mass is 9.95. The van der Waals surface area contributed by atoms with Crippen LogP contribution in [0.2, 0.25) is 0 Å². The van der Waals surface area contributed by atoms with Crippen LogP contribution in [0.1, 0.15) is 26.2 Å². The first-order valence-corrected chi connectivity index (χ1v) is 7.23. The minimum absolute atomic E-state index is 0.268. The van der Waals surface area contributed by atoms with Gasteiger partial charge in [0.05, 0.1) is 5.54 Å². The monoisotopic (exact) mass is 270 g/mol. The molecular formula is C14H30N4O. The lowest BCUT2D eigenvalue weighted by molar-refractivity contribution is -0.123. The number of amides is 1. The van der Waals surface area contributed by atoms with Crippen molar-refractivity contribution in [3.8, 4) is 0 Å². The number of likely N-dealkylation sites (N-methyl/N-ethyl adjacent to an activating group) is 1. The van der Waals surface area contributed by atoms with Gasteiger partial charge in [-0.1, -0.05) is 0 Å². The summed E-state index contributed by atoms with van der Waals surface area (Å²) in [6, 6.07) is 0. The van der Waals surface area contributed by atoms with Crippen LogP contribution in [0.4, 0.5) is 0 Å². The van der Waals surface area contributed by atoms with E-state index in [2.05, 4.69) is 29.2 Å². The molecular weight excluding hydrogens is 240 g/mol. The number of nitrogens with one attached hydrogen (secondary N) is 1. The summed E-state index contributed by atoms with van der Waals surface area (Å²) in [4.78, 5) is 16.2. The summed E-state index contributed by atoms with van der Waals surface area (Å²) in [5, 5.41) is 3.03.